The molecule has 0 heterocycles. The molecule has 1 amide bonds. The van der Waals surface area contributed by atoms with E-state index < -0.39 is 12.1 Å². The third-order valence-corrected chi connectivity index (χ3v) is 14.1. The summed E-state index contributed by atoms with van der Waals surface area (Å²) >= 11 is 0. The summed E-state index contributed by atoms with van der Waals surface area (Å²) in [6.07, 6.45) is 93.1. The number of aliphatic hydroxyl groups is 2. The second-order valence-corrected chi connectivity index (χ2v) is 21.1. The zero-order chi connectivity index (χ0) is 52.0. The summed E-state index contributed by atoms with van der Waals surface area (Å²) in [5, 5.41) is 23.2. The van der Waals surface area contributed by atoms with E-state index in [2.05, 4.69) is 104 Å². The zero-order valence-corrected chi connectivity index (χ0v) is 47.9. The number of hydrogen-bond donors (Lipinski definition) is 3. The Kier molecular flexibility index (Phi) is 60.3. The standard InChI is InChI=1S/C68H121NO3/c1-3-5-7-9-11-13-15-17-19-21-23-25-27-29-31-33-34-36-38-40-42-44-46-48-50-52-54-56-58-60-62-64-68(72)69-66(65-70)67(71)63-61-59-57-55-53-51-49-47-45-43-41-39-37-35-32-30-28-26-24-22-20-18-16-14-12-10-8-6-4-2/h5,7,11,13,17,19,23,25,29,31,34,36,53,55,61,63,66-67,70-71H,3-4,6,8-10,12,14-16,18,20-22,24,26-28,30,32-33,35,37-52,54,56-60,62,64-65H2,1-2H3,(H,69,72)/b7-5-,13-11-,19-17-,25-23-,31-29-,36-34-,55-53+,63-61+. The van der Waals surface area contributed by atoms with E-state index in [-0.39, 0.29) is 12.5 Å². The number of amides is 1. The fraction of sp³-hybridized carbons (Fsp3) is 0.750. The molecule has 0 radical (unpaired) electrons. The van der Waals surface area contributed by atoms with Crippen LogP contribution in [0.15, 0.2) is 97.2 Å². The van der Waals surface area contributed by atoms with Crippen molar-refractivity contribution in [3.63, 3.8) is 0 Å². The molecule has 2 unspecified atom stereocenters. The summed E-state index contributed by atoms with van der Waals surface area (Å²) in [4.78, 5) is 12.5. The molecular weight excluding hydrogens is 879 g/mol. The highest BCUT2D eigenvalue weighted by Gasteiger charge is 2.18. The molecule has 0 spiro atoms. The molecule has 2 atom stereocenters. The molecule has 0 aliphatic carbocycles. The highest BCUT2D eigenvalue weighted by molar-refractivity contribution is 5.76. The highest BCUT2D eigenvalue weighted by Crippen LogP contribution is 2.17. The maximum absolute atomic E-state index is 12.5. The third-order valence-electron chi connectivity index (χ3n) is 14.1. The monoisotopic (exact) mass is 1000 g/mol. The molecule has 0 rings (SSSR count). The molecule has 0 aliphatic rings. The van der Waals surface area contributed by atoms with Gasteiger partial charge in [0.2, 0.25) is 5.91 Å². The Morgan fingerprint density at radius 2 is 0.625 bits per heavy atom. The van der Waals surface area contributed by atoms with Gasteiger partial charge in [0.25, 0.3) is 0 Å². The highest BCUT2D eigenvalue weighted by atomic mass is 16.3. The molecule has 0 aromatic rings. The van der Waals surface area contributed by atoms with Crippen molar-refractivity contribution >= 4 is 5.91 Å². The number of aliphatic hydroxyl groups excluding tert-OH is 2. The van der Waals surface area contributed by atoms with E-state index in [9.17, 15) is 15.0 Å². The van der Waals surface area contributed by atoms with Crippen LogP contribution in [0.25, 0.3) is 0 Å². The van der Waals surface area contributed by atoms with Crippen LogP contribution < -0.4 is 5.32 Å². The summed E-state index contributed by atoms with van der Waals surface area (Å²) in [5.74, 6) is -0.0765. The van der Waals surface area contributed by atoms with Crippen LogP contribution in [0.1, 0.15) is 309 Å². The molecule has 416 valence electrons. The van der Waals surface area contributed by atoms with Gasteiger partial charge >= 0.3 is 0 Å². The van der Waals surface area contributed by atoms with Crippen LogP contribution in [-0.2, 0) is 4.79 Å². The molecule has 0 fully saturated rings. The number of carbonyl (C=O) groups is 1. The van der Waals surface area contributed by atoms with Gasteiger partial charge in [-0.15, -0.1) is 0 Å². The molecular formula is C68H121NO3. The summed E-state index contributed by atoms with van der Waals surface area (Å²) in [6.45, 7) is 4.21. The van der Waals surface area contributed by atoms with E-state index in [1.54, 1.807) is 6.08 Å². The average Bonchev–Trinajstić information content (AvgIpc) is 3.39. The number of hydrogen-bond acceptors (Lipinski definition) is 3. The SMILES string of the molecule is CC/C=C\C/C=C\C/C=C\C/C=C\C/C=C\C/C=C\CCCCCCCCCCCCCCC(=O)NC(CO)C(O)/C=C/CC/C=C/CCCCCCCCCCCCCCCCCCCCCCCCC. The van der Waals surface area contributed by atoms with Gasteiger partial charge < -0.3 is 15.5 Å². The van der Waals surface area contributed by atoms with Crippen molar-refractivity contribution in [3.05, 3.63) is 97.2 Å². The smallest absolute Gasteiger partial charge is 0.220 e. The lowest BCUT2D eigenvalue weighted by Crippen LogP contribution is -2.45. The van der Waals surface area contributed by atoms with Crippen LogP contribution >= 0.6 is 0 Å². The van der Waals surface area contributed by atoms with Crippen molar-refractivity contribution in [1.82, 2.24) is 5.32 Å². The minimum Gasteiger partial charge on any atom is -0.394 e. The number of allylic oxidation sites excluding steroid dienone is 15. The van der Waals surface area contributed by atoms with Gasteiger partial charge in [-0.25, -0.2) is 0 Å². The molecule has 0 aliphatic heterocycles. The van der Waals surface area contributed by atoms with E-state index in [1.807, 2.05) is 6.08 Å². The maximum atomic E-state index is 12.5. The van der Waals surface area contributed by atoms with Crippen LogP contribution in [0.5, 0.6) is 0 Å². The predicted octanol–water partition coefficient (Wildman–Crippen LogP) is 21.3. The fourth-order valence-electron chi connectivity index (χ4n) is 9.32. The van der Waals surface area contributed by atoms with Crippen LogP contribution in [0.3, 0.4) is 0 Å². The van der Waals surface area contributed by atoms with Crippen molar-refractivity contribution < 1.29 is 15.0 Å². The number of nitrogens with one attached hydrogen (secondary N) is 1. The Hall–Kier alpha value is -2.69. The van der Waals surface area contributed by atoms with E-state index in [0.717, 1.165) is 70.6 Å². The number of carbonyl (C=O) groups excluding carboxylic acids is 1. The van der Waals surface area contributed by atoms with Crippen molar-refractivity contribution in [3.8, 4) is 0 Å². The first-order valence-corrected chi connectivity index (χ1v) is 31.5. The molecule has 0 saturated heterocycles. The van der Waals surface area contributed by atoms with E-state index in [4.69, 9.17) is 0 Å². The molecule has 3 N–H and O–H groups in total. The largest absolute Gasteiger partial charge is 0.394 e. The summed E-state index contributed by atoms with van der Waals surface area (Å²) in [5.41, 5.74) is 0. The van der Waals surface area contributed by atoms with Crippen molar-refractivity contribution in [1.29, 1.82) is 0 Å². The zero-order valence-electron chi connectivity index (χ0n) is 47.9. The van der Waals surface area contributed by atoms with Crippen LogP contribution in [-0.4, -0.2) is 34.9 Å². The lowest BCUT2D eigenvalue weighted by atomic mass is 10.0. The van der Waals surface area contributed by atoms with Crippen molar-refractivity contribution in [2.24, 2.45) is 0 Å². The van der Waals surface area contributed by atoms with Gasteiger partial charge in [0.05, 0.1) is 18.8 Å². The quantitative estimate of drug-likeness (QED) is 0.0420. The van der Waals surface area contributed by atoms with Gasteiger partial charge in [-0.2, -0.15) is 0 Å². The minimum atomic E-state index is -0.870. The Balaban J connectivity index is 3.54. The summed E-state index contributed by atoms with van der Waals surface area (Å²) in [7, 11) is 0. The first-order valence-electron chi connectivity index (χ1n) is 31.5. The van der Waals surface area contributed by atoms with Gasteiger partial charge in [0, 0.05) is 6.42 Å². The molecule has 0 aromatic carbocycles. The molecule has 4 nitrogen and oxygen atoms in total. The first-order chi connectivity index (χ1) is 35.7. The number of unbranched alkanes of at least 4 members (excludes halogenated alkanes) is 36. The average molecular weight is 1000 g/mol. The summed E-state index contributed by atoms with van der Waals surface area (Å²) in [6, 6.07) is -0.648. The lowest BCUT2D eigenvalue weighted by Gasteiger charge is -2.19. The second kappa shape index (κ2) is 62.6. The molecule has 0 saturated carbocycles. The summed E-state index contributed by atoms with van der Waals surface area (Å²) < 4.78 is 0. The minimum absolute atomic E-state index is 0.0765. The molecule has 72 heavy (non-hydrogen) atoms. The Bertz CT molecular complexity index is 1320. The van der Waals surface area contributed by atoms with Crippen molar-refractivity contribution in [2.75, 3.05) is 6.61 Å². The Morgan fingerprint density at radius 1 is 0.347 bits per heavy atom. The predicted molar refractivity (Wildman–Crippen MR) is 322 cm³/mol. The van der Waals surface area contributed by atoms with Gasteiger partial charge in [-0.3, -0.25) is 4.79 Å². The lowest BCUT2D eigenvalue weighted by molar-refractivity contribution is -0.123. The topological polar surface area (TPSA) is 69.6 Å². The van der Waals surface area contributed by atoms with Gasteiger partial charge in [0.15, 0.2) is 0 Å². The van der Waals surface area contributed by atoms with Crippen molar-refractivity contribution in [2.45, 2.75) is 321 Å². The Morgan fingerprint density at radius 3 is 0.972 bits per heavy atom. The first kappa shape index (κ1) is 69.3. The van der Waals surface area contributed by atoms with Crippen LogP contribution in [0.4, 0.5) is 0 Å². The third kappa shape index (κ3) is 58.2. The number of rotatable bonds is 57. The maximum Gasteiger partial charge on any atom is 0.220 e. The van der Waals surface area contributed by atoms with Crippen LogP contribution in [0, 0.1) is 0 Å². The van der Waals surface area contributed by atoms with Crippen LogP contribution in [0.2, 0.25) is 0 Å². The van der Waals surface area contributed by atoms with E-state index in [1.165, 1.54) is 218 Å². The normalized spacial score (nSPS) is 13.4. The van der Waals surface area contributed by atoms with Gasteiger partial charge in [-0.05, 0) is 83.5 Å². The second-order valence-electron chi connectivity index (χ2n) is 21.1. The van der Waals surface area contributed by atoms with E-state index in [0.29, 0.717) is 6.42 Å². The molecule has 4 heteroatoms. The van der Waals surface area contributed by atoms with Gasteiger partial charge in [-0.1, -0.05) is 317 Å². The van der Waals surface area contributed by atoms with Gasteiger partial charge in [0.1, 0.15) is 0 Å². The Labute approximate surface area is 449 Å². The van der Waals surface area contributed by atoms with E-state index >= 15 is 0 Å². The molecule has 0 bridgehead atoms. The molecule has 0 aromatic heterocycles. The fourth-order valence-corrected chi connectivity index (χ4v) is 9.32.